The van der Waals surface area contributed by atoms with Crippen LogP contribution in [0.2, 0.25) is 10.0 Å². The largest absolute Gasteiger partial charge is 0.331 e. The highest BCUT2D eigenvalue weighted by Gasteiger charge is 2.34. The highest BCUT2D eigenvalue weighted by atomic mass is 35.5. The highest BCUT2D eigenvalue weighted by molar-refractivity contribution is 6.35. The van der Waals surface area contributed by atoms with Crippen molar-refractivity contribution in [1.82, 2.24) is 20.0 Å². The number of aromatic nitrogens is 2. The molecule has 208 valence electrons. The van der Waals surface area contributed by atoms with Crippen molar-refractivity contribution in [3.63, 3.8) is 0 Å². The molecule has 0 unspecified atom stereocenters. The number of anilines is 1. The first-order valence-electron chi connectivity index (χ1n) is 12.7. The Morgan fingerprint density at radius 1 is 1.07 bits per heavy atom. The molecule has 12 heteroatoms. The van der Waals surface area contributed by atoms with Gasteiger partial charge >= 0.3 is 6.03 Å². The van der Waals surface area contributed by atoms with E-state index < -0.39 is 23.8 Å². The molecule has 0 spiro atoms. The quantitative estimate of drug-likeness (QED) is 0.328. The third-order valence-electron chi connectivity index (χ3n) is 6.88. The average Bonchev–Trinajstić information content (AvgIpc) is 2.95. The second kappa shape index (κ2) is 12.0. The summed E-state index contributed by atoms with van der Waals surface area (Å²) in [6.07, 6.45) is 0.202. The Labute approximate surface area is 244 Å². The van der Waals surface area contributed by atoms with Gasteiger partial charge in [0.05, 0.1) is 35.2 Å². The monoisotopic (exact) mass is 592 g/mol. The Balaban J connectivity index is 1.34. The van der Waals surface area contributed by atoms with Gasteiger partial charge in [0.25, 0.3) is 11.5 Å². The molecule has 3 aromatic carbocycles. The number of aromatic amines is 1. The number of benzene rings is 3. The van der Waals surface area contributed by atoms with Crippen molar-refractivity contribution in [3.05, 3.63) is 104 Å². The molecule has 0 radical (unpaired) electrons. The van der Waals surface area contributed by atoms with E-state index in [9.17, 15) is 24.0 Å². The van der Waals surface area contributed by atoms with E-state index in [1.807, 2.05) is 0 Å². The molecule has 4 aromatic rings. The number of hydrogen-bond donors (Lipinski definition) is 2. The number of urea groups is 1. The van der Waals surface area contributed by atoms with Crippen LogP contribution in [0, 0.1) is 17.1 Å². The number of piperazine rings is 1. The van der Waals surface area contributed by atoms with Crippen molar-refractivity contribution >= 4 is 51.6 Å². The van der Waals surface area contributed by atoms with Gasteiger partial charge in [-0.05, 0) is 42.0 Å². The maximum absolute atomic E-state index is 15.0. The molecule has 5 rings (SSSR count). The molecule has 1 aromatic heterocycles. The maximum Gasteiger partial charge on any atom is 0.321 e. The average molecular weight is 593 g/mol. The summed E-state index contributed by atoms with van der Waals surface area (Å²) in [6, 6.07) is 16.9. The number of carbonyl (C=O) groups excluding carboxylic acids is 2. The summed E-state index contributed by atoms with van der Waals surface area (Å²) in [7, 11) is 0. The summed E-state index contributed by atoms with van der Waals surface area (Å²) in [6.45, 7) is 0.348. The topological polar surface area (TPSA) is 122 Å². The Morgan fingerprint density at radius 2 is 1.80 bits per heavy atom. The van der Waals surface area contributed by atoms with Gasteiger partial charge in [0.15, 0.2) is 0 Å². The number of amides is 3. The fraction of sp³-hybridized carbons (Fsp3) is 0.207. The van der Waals surface area contributed by atoms with Crippen LogP contribution in [0.5, 0.6) is 0 Å². The van der Waals surface area contributed by atoms with Crippen LogP contribution in [0.15, 0.2) is 65.5 Å². The zero-order chi connectivity index (χ0) is 29.1. The van der Waals surface area contributed by atoms with Crippen molar-refractivity contribution in [3.8, 4) is 6.07 Å². The van der Waals surface area contributed by atoms with Crippen LogP contribution in [0.4, 0.5) is 14.9 Å². The van der Waals surface area contributed by atoms with E-state index in [0.717, 1.165) is 0 Å². The van der Waals surface area contributed by atoms with Crippen molar-refractivity contribution in [2.45, 2.75) is 18.9 Å². The van der Waals surface area contributed by atoms with E-state index in [0.29, 0.717) is 37.8 Å². The van der Waals surface area contributed by atoms with Crippen LogP contribution in [0.1, 0.15) is 28.0 Å². The standard InChI is InChI=1S/C29H23Cl2FN6O3/c30-18-13-19(31)15-20(14-18)34-29(41)37-9-10-38(21(16-37)7-8-33)28(40)24-11-17(5-6-25(24)32)12-26-22-3-1-2-4-23(22)27(39)36-35-26/h1-6,11,13-15,21H,7,9-10,12,16H2,(H,34,41)(H,36,39)/t21-/m0/s1. The van der Waals surface area contributed by atoms with Gasteiger partial charge in [-0.2, -0.15) is 10.4 Å². The fourth-order valence-corrected chi connectivity index (χ4v) is 5.44. The minimum atomic E-state index is -0.702. The van der Waals surface area contributed by atoms with Crippen LogP contribution in [0.3, 0.4) is 0 Å². The zero-order valence-corrected chi connectivity index (χ0v) is 23.0. The summed E-state index contributed by atoms with van der Waals surface area (Å²) in [5.41, 5.74) is 1.15. The van der Waals surface area contributed by atoms with Crippen LogP contribution in [-0.4, -0.2) is 57.6 Å². The fourth-order valence-electron chi connectivity index (χ4n) is 4.92. The van der Waals surface area contributed by atoms with E-state index in [1.165, 1.54) is 21.9 Å². The first-order chi connectivity index (χ1) is 19.7. The lowest BCUT2D eigenvalue weighted by Crippen LogP contribution is -2.57. The lowest BCUT2D eigenvalue weighted by Gasteiger charge is -2.40. The van der Waals surface area contributed by atoms with Crippen molar-refractivity contribution < 1.29 is 14.0 Å². The smallest absolute Gasteiger partial charge is 0.321 e. The number of nitrogens with zero attached hydrogens (tertiary/aromatic N) is 4. The van der Waals surface area contributed by atoms with Gasteiger partial charge in [-0.15, -0.1) is 0 Å². The molecule has 2 N–H and O–H groups in total. The third kappa shape index (κ3) is 6.16. The molecule has 0 saturated carbocycles. The normalized spacial score (nSPS) is 15.0. The first kappa shape index (κ1) is 28.1. The highest BCUT2D eigenvalue weighted by Crippen LogP contribution is 2.25. The van der Waals surface area contributed by atoms with Crippen LogP contribution >= 0.6 is 23.2 Å². The molecule has 1 aliphatic rings. The Kier molecular flexibility index (Phi) is 8.19. The van der Waals surface area contributed by atoms with Crippen LogP contribution in [0.25, 0.3) is 10.8 Å². The van der Waals surface area contributed by atoms with Crippen LogP contribution < -0.4 is 10.9 Å². The molecule has 1 aliphatic heterocycles. The van der Waals surface area contributed by atoms with E-state index in [4.69, 9.17) is 23.2 Å². The number of halogens is 3. The molecule has 0 bridgehead atoms. The summed E-state index contributed by atoms with van der Waals surface area (Å²) >= 11 is 12.0. The van der Waals surface area contributed by atoms with Gasteiger partial charge in [-0.3, -0.25) is 9.59 Å². The molecular weight excluding hydrogens is 570 g/mol. The van der Waals surface area contributed by atoms with Crippen molar-refractivity contribution in [2.24, 2.45) is 0 Å². The van der Waals surface area contributed by atoms with E-state index >= 15 is 0 Å². The number of fused-ring (bicyclic) bond motifs is 1. The minimum absolute atomic E-state index is 0.0485. The van der Waals surface area contributed by atoms with Crippen molar-refractivity contribution in [1.29, 1.82) is 5.26 Å². The molecule has 41 heavy (non-hydrogen) atoms. The van der Waals surface area contributed by atoms with Gasteiger partial charge < -0.3 is 15.1 Å². The van der Waals surface area contributed by atoms with E-state index in [2.05, 4.69) is 21.6 Å². The second-order valence-corrected chi connectivity index (χ2v) is 10.5. The lowest BCUT2D eigenvalue weighted by molar-refractivity contribution is 0.0522. The molecule has 1 saturated heterocycles. The zero-order valence-electron chi connectivity index (χ0n) is 21.5. The lowest BCUT2D eigenvalue weighted by atomic mass is 10.0. The SMILES string of the molecule is N#CC[C@H]1CN(C(=O)Nc2cc(Cl)cc(Cl)c2)CCN1C(=O)c1cc(Cc2n[nH]c(=O)c3ccccc23)ccc1F. The Bertz CT molecular complexity index is 1730. The maximum atomic E-state index is 15.0. The minimum Gasteiger partial charge on any atom is -0.331 e. The van der Waals surface area contributed by atoms with Crippen molar-refractivity contribution in [2.75, 3.05) is 25.0 Å². The van der Waals surface area contributed by atoms with Crippen LogP contribution in [-0.2, 0) is 6.42 Å². The van der Waals surface area contributed by atoms with Gasteiger partial charge in [-0.25, -0.2) is 14.3 Å². The summed E-state index contributed by atoms with van der Waals surface area (Å²) in [5.74, 6) is -1.28. The molecule has 1 fully saturated rings. The van der Waals surface area contributed by atoms with Gasteiger partial charge in [0.1, 0.15) is 5.82 Å². The number of hydrogen-bond acceptors (Lipinski definition) is 5. The molecule has 1 atom stereocenters. The summed E-state index contributed by atoms with van der Waals surface area (Å²) in [4.78, 5) is 41.6. The second-order valence-electron chi connectivity index (χ2n) is 9.58. The Morgan fingerprint density at radius 3 is 2.54 bits per heavy atom. The number of rotatable bonds is 5. The van der Waals surface area contributed by atoms with Gasteiger partial charge in [0, 0.05) is 47.2 Å². The van der Waals surface area contributed by atoms with Gasteiger partial charge in [-0.1, -0.05) is 47.5 Å². The molecule has 9 nitrogen and oxygen atoms in total. The number of nitriles is 1. The van der Waals surface area contributed by atoms with E-state index in [-0.39, 0.29) is 43.6 Å². The number of H-pyrrole nitrogens is 1. The summed E-state index contributed by atoms with van der Waals surface area (Å²) in [5, 5.41) is 20.7. The Hall–Kier alpha value is -4.46. The molecular formula is C29H23Cl2FN6O3. The van der Waals surface area contributed by atoms with Gasteiger partial charge in [0.2, 0.25) is 0 Å². The third-order valence-corrected chi connectivity index (χ3v) is 7.32. The molecule has 3 amide bonds. The molecule has 0 aliphatic carbocycles. The number of carbonyl (C=O) groups is 2. The predicted molar refractivity (Wildman–Crippen MR) is 154 cm³/mol. The first-order valence-corrected chi connectivity index (χ1v) is 13.4. The number of nitrogens with one attached hydrogen (secondary N) is 2. The predicted octanol–water partition coefficient (Wildman–Crippen LogP) is 5.23. The van der Waals surface area contributed by atoms with E-state index in [1.54, 1.807) is 48.5 Å². The summed E-state index contributed by atoms with van der Waals surface area (Å²) < 4.78 is 15.0. The molecule has 2 heterocycles.